The smallest absolute Gasteiger partial charge is 0.225 e. The molecule has 2 aliphatic rings. The average molecular weight is 348 g/mol. The van der Waals surface area contributed by atoms with Crippen LogP contribution in [-0.4, -0.2) is 42.0 Å². The molecule has 122 valence electrons. The number of thiazole rings is 1. The van der Waals surface area contributed by atoms with E-state index in [0.717, 1.165) is 49.8 Å². The second-order valence-corrected chi connectivity index (χ2v) is 7.94. The van der Waals surface area contributed by atoms with Crippen molar-refractivity contribution in [2.24, 2.45) is 5.92 Å². The Labute approximate surface area is 144 Å². The highest BCUT2D eigenvalue weighted by molar-refractivity contribution is 7.14. The van der Waals surface area contributed by atoms with Crippen LogP contribution in [0.15, 0.2) is 22.2 Å². The average Bonchev–Trinajstić information content (AvgIpc) is 3.36. The molecule has 0 atom stereocenters. The molecule has 4 nitrogen and oxygen atoms in total. The highest BCUT2D eigenvalue weighted by atomic mass is 32.1. The molecule has 2 aromatic rings. The Morgan fingerprint density at radius 2 is 1.91 bits per heavy atom. The molecular weight excluding hydrogens is 326 g/mol. The maximum absolute atomic E-state index is 12.5. The summed E-state index contributed by atoms with van der Waals surface area (Å²) < 4.78 is 0. The van der Waals surface area contributed by atoms with E-state index in [1.54, 1.807) is 22.7 Å². The van der Waals surface area contributed by atoms with E-state index in [2.05, 4.69) is 32.0 Å². The molecule has 1 saturated heterocycles. The van der Waals surface area contributed by atoms with Crippen LogP contribution in [0.2, 0.25) is 0 Å². The van der Waals surface area contributed by atoms with Crippen molar-refractivity contribution >= 4 is 33.7 Å². The first-order valence-electron chi connectivity index (χ1n) is 8.33. The van der Waals surface area contributed by atoms with Crippen molar-refractivity contribution < 1.29 is 4.79 Å². The molecule has 0 bridgehead atoms. The van der Waals surface area contributed by atoms with E-state index in [-0.39, 0.29) is 0 Å². The van der Waals surface area contributed by atoms with Gasteiger partial charge in [0, 0.05) is 48.4 Å². The highest BCUT2D eigenvalue weighted by Crippen LogP contribution is 2.30. The van der Waals surface area contributed by atoms with Crippen LogP contribution in [0.5, 0.6) is 0 Å². The third-order valence-corrected chi connectivity index (χ3v) is 6.46. The molecule has 3 heterocycles. The van der Waals surface area contributed by atoms with Crippen molar-refractivity contribution in [3.05, 3.63) is 22.2 Å². The molecule has 1 aliphatic carbocycles. The molecule has 0 N–H and O–H groups in total. The van der Waals surface area contributed by atoms with Crippen LogP contribution in [0.25, 0.3) is 11.3 Å². The summed E-state index contributed by atoms with van der Waals surface area (Å²) in [5.41, 5.74) is 2.27. The van der Waals surface area contributed by atoms with E-state index >= 15 is 0 Å². The van der Waals surface area contributed by atoms with Crippen molar-refractivity contribution in [3.8, 4) is 11.3 Å². The molecule has 0 radical (unpaired) electrons. The van der Waals surface area contributed by atoms with E-state index in [1.807, 2.05) is 0 Å². The number of aromatic nitrogens is 1. The quantitative estimate of drug-likeness (QED) is 0.849. The molecule has 2 fully saturated rings. The molecule has 0 spiro atoms. The fourth-order valence-corrected chi connectivity index (χ4v) is 5.04. The Hall–Kier alpha value is -1.40. The Kier molecular flexibility index (Phi) is 4.35. The topological polar surface area (TPSA) is 36.4 Å². The molecule has 2 aromatic heterocycles. The standard InChI is InChI=1S/C17H21N3OS2/c21-16(13-3-1-2-4-13)19-6-8-20(9-7-19)17-18-15(12-23-17)14-5-10-22-11-14/h5,10-13H,1-4,6-9H2. The summed E-state index contributed by atoms with van der Waals surface area (Å²) in [6, 6.07) is 2.11. The molecule has 0 unspecified atom stereocenters. The molecular formula is C17H21N3OS2. The van der Waals surface area contributed by atoms with Crippen molar-refractivity contribution in [2.75, 3.05) is 31.1 Å². The van der Waals surface area contributed by atoms with Gasteiger partial charge in [-0.3, -0.25) is 4.79 Å². The van der Waals surface area contributed by atoms with E-state index in [0.29, 0.717) is 11.8 Å². The summed E-state index contributed by atoms with van der Waals surface area (Å²) >= 11 is 3.41. The van der Waals surface area contributed by atoms with Gasteiger partial charge >= 0.3 is 0 Å². The SMILES string of the molecule is O=C(C1CCCC1)N1CCN(c2nc(-c3ccsc3)cs2)CC1. The maximum Gasteiger partial charge on any atom is 0.225 e. The second-order valence-electron chi connectivity index (χ2n) is 6.32. The van der Waals surface area contributed by atoms with Gasteiger partial charge in [0.25, 0.3) is 0 Å². The van der Waals surface area contributed by atoms with Crippen LogP contribution in [0.1, 0.15) is 25.7 Å². The van der Waals surface area contributed by atoms with Gasteiger partial charge < -0.3 is 9.80 Å². The fourth-order valence-electron chi connectivity index (χ4n) is 3.50. The molecule has 4 rings (SSSR count). The minimum absolute atomic E-state index is 0.298. The molecule has 23 heavy (non-hydrogen) atoms. The lowest BCUT2D eigenvalue weighted by Gasteiger charge is -2.35. The fraction of sp³-hybridized carbons (Fsp3) is 0.529. The van der Waals surface area contributed by atoms with E-state index < -0.39 is 0 Å². The predicted molar refractivity (Wildman–Crippen MR) is 96.2 cm³/mol. The van der Waals surface area contributed by atoms with Gasteiger partial charge in [-0.15, -0.1) is 11.3 Å². The zero-order chi connectivity index (χ0) is 15.6. The van der Waals surface area contributed by atoms with Crippen molar-refractivity contribution in [1.29, 1.82) is 0 Å². The monoisotopic (exact) mass is 347 g/mol. The molecule has 1 amide bonds. The lowest BCUT2D eigenvalue weighted by atomic mass is 10.1. The first-order valence-corrected chi connectivity index (χ1v) is 10.2. The summed E-state index contributed by atoms with van der Waals surface area (Å²) in [5.74, 6) is 0.687. The third-order valence-electron chi connectivity index (χ3n) is 4.88. The predicted octanol–water partition coefficient (Wildman–Crippen LogP) is 3.71. The maximum atomic E-state index is 12.5. The van der Waals surface area contributed by atoms with Crippen molar-refractivity contribution in [3.63, 3.8) is 0 Å². The summed E-state index contributed by atoms with van der Waals surface area (Å²) in [6.45, 7) is 3.47. The van der Waals surface area contributed by atoms with Gasteiger partial charge in [-0.1, -0.05) is 12.8 Å². The molecule has 1 aliphatic heterocycles. The first kappa shape index (κ1) is 15.1. The van der Waals surface area contributed by atoms with Gasteiger partial charge in [-0.2, -0.15) is 11.3 Å². The van der Waals surface area contributed by atoms with Crippen LogP contribution in [0, 0.1) is 5.92 Å². The Morgan fingerprint density at radius 3 is 2.61 bits per heavy atom. The van der Waals surface area contributed by atoms with E-state index in [9.17, 15) is 4.79 Å². The van der Waals surface area contributed by atoms with Crippen molar-refractivity contribution in [1.82, 2.24) is 9.88 Å². The first-order chi connectivity index (χ1) is 11.3. The Balaban J connectivity index is 1.37. The number of hydrogen-bond acceptors (Lipinski definition) is 5. The van der Waals surface area contributed by atoms with Gasteiger partial charge in [0.1, 0.15) is 0 Å². The van der Waals surface area contributed by atoms with Gasteiger partial charge in [0.2, 0.25) is 5.91 Å². The summed E-state index contributed by atoms with van der Waals surface area (Å²) in [7, 11) is 0. The summed E-state index contributed by atoms with van der Waals surface area (Å²) in [5, 5.41) is 7.44. The Bertz CT molecular complexity index is 653. The van der Waals surface area contributed by atoms with Gasteiger partial charge in [-0.05, 0) is 24.3 Å². The minimum atomic E-state index is 0.298. The van der Waals surface area contributed by atoms with Crippen LogP contribution in [-0.2, 0) is 4.79 Å². The summed E-state index contributed by atoms with van der Waals surface area (Å²) in [6.07, 6.45) is 4.63. The van der Waals surface area contributed by atoms with Gasteiger partial charge in [-0.25, -0.2) is 4.98 Å². The van der Waals surface area contributed by atoms with E-state index in [4.69, 9.17) is 4.98 Å². The molecule has 0 aromatic carbocycles. The van der Waals surface area contributed by atoms with Crippen LogP contribution in [0.4, 0.5) is 5.13 Å². The lowest BCUT2D eigenvalue weighted by molar-refractivity contribution is -0.135. The number of rotatable bonds is 3. The third kappa shape index (κ3) is 3.15. The highest BCUT2D eigenvalue weighted by Gasteiger charge is 2.29. The minimum Gasteiger partial charge on any atom is -0.345 e. The van der Waals surface area contributed by atoms with Gasteiger partial charge in [0.05, 0.1) is 5.69 Å². The summed E-state index contributed by atoms with van der Waals surface area (Å²) in [4.78, 5) is 21.7. The van der Waals surface area contributed by atoms with Gasteiger partial charge in [0.15, 0.2) is 5.13 Å². The number of nitrogens with zero attached hydrogens (tertiary/aromatic N) is 3. The van der Waals surface area contributed by atoms with Crippen LogP contribution >= 0.6 is 22.7 Å². The number of hydrogen-bond donors (Lipinski definition) is 0. The number of amides is 1. The normalized spacial score (nSPS) is 19.5. The number of carbonyl (C=O) groups excluding carboxylic acids is 1. The number of piperazine rings is 1. The Morgan fingerprint density at radius 1 is 1.13 bits per heavy atom. The van der Waals surface area contributed by atoms with Crippen LogP contribution < -0.4 is 4.90 Å². The number of anilines is 1. The largest absolute Gasteiger partial charge is 0.345 e. The number of carbonyl (C=O) groups is 1. The zero-order valence-corrected chi connectivity index (χ0v) is 14.7. The van der Waals surface area contributed by atoms with Crippen LogP contribution in [0.3, 0.4) is 0 Å². The number of thiophene rings is 1. The van der Waals surface area contributed by atoms with Crippen molar-refractivity contribution in [2.45, 2.75) is 25.7 Å². The lowest BCUT2D eigenvalue weighted by Crippen LogP contribution is -2.50. The zero-order valence-electron chi connectivity index (χ0n) is 13.1. The molecule has 6 heteroatoms. The van der Waals surface area contributed by atoms with E-state index in [1.165, 1.54) is 18.4 Å². The second kappa shape index (κ2) is 6.61. The molecule has 1 saturated carbocycles.